The molecule has 0 aliphatic heterocycles. The quantitative estimate of drug-likeness (QED) is 0.870. The summed E-state index contributed by atoms with van der Waals surface area (Å²) in [6.45, 7) is 2.99. The van der Waals surface area contributed by atoms with Crippen LogP contribution in [-0.2, 0) is 13.0 Å². The highest BCUT2D eigenvalue weighted by atomic mass is 35.5. The van der Waals surface area contributed by atoms with Crippen LogP contribution in [0.3, 0.4) is 0 Å². The molecule has 1 aromatic heterocycles. The summed E-state index contributed by atoms with van der Waals surface area (Å²) < 4.78 is 1.97. The number of likely N-dealkylation sites (N-methyl/N-ethyl adjacent to an activating group) is 1. The molecule has 0 saturated heterocycles. The second-order valence-electron chi connectivity index (χ2n) is 4.74. The van der Waals surface area contributed by atoms with Crippen LogP contribution >= 0.6 is 23.2 Å². The lowest BCUT2D eigenvalue weighted by Gasteiger charge is -2.19. The van der Waals surface area contributed by atoms with Crippen molar-refractivity contribution in [2.45, 2.75) is 32.4 Å². The van der Waals surface area contributed by atoms with Gasteiger partial charge in [0.1, 0.15) is 0 Å². The summed E-state index contributed by atoms with van der Waals surface area (Å²) in [5.74, 6) is 0. The Balaban J connectivity index is 2.29. The summed E-state index contributed by atoms with van der Waals surface area (Å²) in [6.07, 6.45) is 3.52. The molecule has 0 spiro atoms. The Kier molecular flexibility index (Phi) is 5.46. The molecule has 20 heavy (non-hydrogen) atoms. The average Bonchev–Trinajstić information content (AvgIpc) is 2.80. The molecule has 2 aromatic rings. The second kappa shape index (κ2) is 7.11. The van der Waals surface area contributed by atoms with E-state index in [0.29, 0.717) is 5.02 Å². The molecule has 108 valence electrons. The molecule has 1 aromatic carbocycles. The third-order valence-electron chi connectivity index (χ3n) is 3.33. The number of rotatable bonds is 6. The summed E-state index contributed by atoms with van der Waals surface area (Å²) in [5, 5.41) is 9.15. The fraction of sp³-hybridized carbons (Fsp3) is 0.400. The fourth-order valence-electron chi connectivity index (χ4n) is 2.33. The maximum absolute atomic E-state index is 6.30. The smallest absolute Gasteiger partial charge is 0.0834 e. The molecule has 5 heteroatoms. The first-order valence-electron chi connectivity index (χ1n) is 6.79. The minimum atomic E-state index is 0.0939. The lowest BCUT2D eigenvalue weighted by molar-refractivity contribution is 0.497. The summed E-state index contributed by atoms with van der Waals surface area (Å²) in [6, 6.07) is 7.99. The van der Waals surface area contributed by atoms with E-state index in [-0.39, 0.29) is 6.04 Å². The van der Waals surface area contributed by atoms with Crippen molar-refractivity contribution < 1.29 is 0 Å². The Labute approximate surface area is 129 Å². The van der Waals surface area contributed by atoms with E-state index in [0.717, 1.165) is 35.7 Å². The van der Waals surface area contributed by atoms with Gasteiger partial charge in [0.2, 0.25) is 0 Å². The lowest BCUT2D eigenvalue weighted by Crippen LogP contribution is -2.23. The average molecular weight is 312 g/mol. The number of nitrogens with zero attached hydrogens (tertiary/aromatic N) is 2. The Morgan fingerprint density at radius 3 is 2.65 bits per heavy atom. The van der Waals surface area contributed by atoms with Crippen molar-refractivity contribution >= 4 is 23.2 Å². The molecular weight excluding hydrogens is 293 g/mol. The molecule has 3 nitrogen and oxygen atoms in total. The first kappa shape index (κ1) is 15.4. The van der Waals surface area contributed by atoms with Gasteiger partial charge in [0.25, 0.3) is 0 Å². The van der Waals surface area contributed by atoms with Gasteiger partial charge in [-0.25, -0.2) is 0 Å². The molecule has 1 unspecified atom stereocenters. The minimum absolute atomic E-state index is 0.0939. The van der Waals surface area contributed by atoms with Crippen LogP contribution in [0, 0.1) is 0 Å². The van der Waals surface area contributed by atoms with Crippen LogP contribution in [0.15, 0.2) is 30.5 Å². The second-order valence-corrected chi connectivity index (χ2v) is 5.55. The molecule has 0 saturated carbocycles. The number of aromatic nitrogens is 2. The van der Waals surface area contributed by atoms with Gasteiger partial charge < -0.3 is 5.32 Å². The van der Waals surface area contributed by atoms with Crippen molar-refractivity contribution in [3.8, 4) is 0 Å². The Hall–Kier alpha value is -1.03. The predicted octanol–water partition coefficient (Wildman–Crippen LogP) is 4.10. The van der Waals surface area contributed by atoms with Crippen LogP contribution in [0.2, 0.25) is 10.0 Å². The molecule has 1 N–H and O–H groups in total. The Bertz CT molecular complexity index is 566. The Morgan fingerprint density at radius 2 is 2.00 bits per heavy atom. The minimum Gasteiger partial charge on any atom is -0.311 e. The zero-order valence-electron chi connectivity index (χ0n) is 11.7. The van der Waals surface area contributed by atoms with E-state index in [1.807, 2.05) is 36.0 Å². The maximum Gasteiger partial charge on any atom is 0.0834 e. The van der Waals surface area contributed by atoms with Crippen molar-refractivity contribution in [1.29, 1.82) is 0 Å². The standard InChI is InChI=1S/C15H19Cl2N3/c1-3-8-20-15(13(17)10-19-20)14(18-2)9-11-6-4-5-7-12(11)16/h4-7,10,14,18H,3,8-9H2,1-2H3. The fourth-order valence-corrected chi connectivity index (χ4v) is 2.81. The number of hydrogen-bond donors (Lipinski definition) is 1. The van der Waals surface area contributed by atoms with Crippen LogP contribution in [0.25, 0.3) is 0 Å². The highest BCUT2D eigenvalue weighted by Crippen LogP contribution is 2.28. The molecule has 0 aliphatic carbocycles. The van der Waals surface area contributed by atoms with E-state index in [1.54, 1.807) is 6.20 Å². The zero-order chi connectivity index (χ0) is 14.5. The SMILES string of the molecule is CCCn1ncc(Cl)c1C(Cc1ccccc1Cl)NC. The maximum atomic E-state index is 6.30. The van der Waals surface area contributed by atoms with Crippen LogP contribution in [-0.4, -0.2) is 16.8 Å². The van der Waals surface area contributed by atoms with Crippen molar-refractivity contribution in [3.05, 3.63) is 51.8 Å². The number of aryl methyl sites for hydroxylation is 1. The van der Waals surface area contributed by atoms with Crippen molar-refractivity contribution in [2.24, 2.45) is 0 Å². The van der Waals surface area contributed by atoms with Crippen LogP contribution in [0.5, 0.6) is 0 Å². The number of halogens is 2. The first-order chi connectivity index (χ1) is 9.67. The van der Waals surface area contributed by atoms with Gasteiger partial charge in [-0.15, -0.1) is 0 Å². The molecule has 0 fully saturated rings. The predicted molar refractivity (Wildman–Crippen MR) is 84.5 cm³/mol. The van der Waals surface area contributed by atoms with Crippen molar-refractivity contribution in [3.63, 3.8) is 0 Å². The third kappa shape index (κ3) is 3.35. The van der Waals surface area contributed by atoms with E-state index in [9.17, 15) is 0 Å². The zero-order valence-corrected chi connectivity index (χ0v) is 13.2. The lowest BCUT2D eigenvalue weighted by atomic mass is 10.0. The molecule has 0 bridgehead atoms. The van der Waals surface area contributed by atoms with Gasteiger partial charge in [0, 0.05) is 11.6 Å². The van der Waals surface area contributed by atoms with E-state index in [1.165, 1.54) is 0 Å². The van der Waals surface area contributed by atoms with Crippen molar-refractivity contribution in [1.82, 2.24) is 15.1 Å². The normalized spacial score (nSPS) is 12.6. The number of hydrogen-bond acceptors (Lipinski definition) is 2. The topological polar surface area (TPSA) is 29.9 Å². The van der Waals surface area contributed by atoms with Gasteiger partial charge in [-0.05, 0) is 31.5 Å². The van der Waals surface area contributed by atoms with Crippen LogP contribution in [0.1, 0.15) is 30.6 Å². The highest BCUT2D eigenvalue weighted by molar-refractivity contribution is 6.31. The molecular formula is C15H19Cl2N3. The largest absolute Gasteiger partial charge is 0.311 e. The van der Waals surface area contributed by atoms with Gasteiger partial charge >= 0.3 is 0 Å². The Morgan fingerprint density at radius 1 is 1.25 bits per heavy atom. The summed E-state index contributed by atoms with van der Waals surface area (Å²) in [7, 11) is 1.93. The van der Waals surface area contributed by atoms with Crippen LogP contribution in [0.4, 0.5) is 0 Å². The monoisotopic (exact) mass is 311 g/mol. The molecule has 1 atom stereocenters. The van der Waals surface area contributed by atoms with Gasteiger partial charge in [-0.3, -0.25) is 4.68 Å². The number of benzene rings is 1. The van der Waals surface area contributed by atoms with Crippen molar-refractivity contribution in [2.75, 3.05) is 7.05 Å². The first-order valence-corrected chi connectivity index (χ1v) is 7.54. The van der Waals surface area contributed by atoms with E-state index >= 15 is 0 Å². The van der Waals surface area contributed by atoms with Gasteiger partial charge in [0.05, 0.1) is 23.0 Å². The highest BCUT2D eigenvalue weighted by Gasteiger charge is 2.20. The molecule has 1 heterocycles. The van der Waals surface area contributed by atoms with Gasteiger partial charge in [-0.2, -0.15) is 5.10 Å². The van der Waals surface area contributed by atoms with Crippen LogP contribution < -0.4 is 5.32 Å². The number of nitrogens with one attached hydrogen (secondary N) is 1. The van der Waals surface area contributed by atoms with E-state index in [4.69, 9.17) is 23.2 Å². The van der Waals surface area contributed by atoms with E-state index < -0.39 is 0 Å². The third-order valence-corrected chi connectivity index (χ3v) is 3.99. The molecule has 0 aliphatic rings. The molecule has 0 amide bonds. The molecule has 0 radical (unpaired) electrons. The summed E-state index contributed by atoms with van der Waals surface area (Å²) in [4.78, 5) is 0. The summed E-state index contributed by atoms with van der Waals surface area (Å²) >= 11 is 12.5. The van der Waals surface area contributed by atoms with Gasteiger partial charge in [-0.1, -0.05) is 48.3 Å². The van der Waals surface area contributed by atoms with Gasteiger partial charge in [0.15, 0.2) is 0 Å². The molecule has 2 rings (SSSR count). The summed E-state index contributed by atoms with van der Waals surface area (Å²) in [5.41, 5.74) is 2.13. The van der Waals surface area contributed by atoms with E-state index in [2.05, 4.69) is 17.3 Å².